The van der Waals surface area contributed by atoms with Gasteiger partial charge in [0.1, 0.15) is 0 Å². The molecule has 6 fully saturated rings. The van der Waals surface area contributed by atoms with E-state index in [-0.39, 0.29) is 102 Å². The molecule has 23 nitrogen and oxygen atoms in total. The van der Waals surface area contributed by atoms with Crippen molar-refractivity contribution in [2.75, 3.05) is 117 Å². The van der Waals surface area contributed by atoms with Gasteiger partial charge in [0.15, 0.2) is 0 Å². The number of rotatable bonds is 39. The van der Waals surface area contributed by atoms with Crippen molar-refractivity contribution in [1.29, 1.82) is 0 Å². The Bertz CT molecular complexity index is 3340. The van der Waals surface area contributed by atoms with Gasteiger partial charge in [-0.3, -0.25) is 4.90 Å². The second kappa shape index (κ2) is 37.8. The van der Waals surface area contributed by atoms with Gasteiger partial charge in [0.2, 0.25) is 53.5 Å². The Labute approximate surface area is 709 Å². The predicted octanol–water partition coefficient (Wildman–Crippen LogP) is 18.2. The number of aromatic nitrogens is 9. The summed E-state index contributed by atoms with van der Waals surface area (Å²) in [6.45, 7) is 78.4. The van der Waals surface area contributed by atoms with Crippen LogP contribution in [0.15, 0.2) is 0 Å². The highest BCUT2D eigenvalue weighted by Crippen LogP contribution is 2.48. The van der Waals surface area contributed by atoms with Crippen molar-refractivity contribution >= 4 is 53.5 Å². The van der Waals surface area contributed by atoms with Crippen LogP contribution in [0.1, 0.15) is 362 Å². The fraction of sp³-hybridized carbons (Fsp3) is 0.892. The monoisotopic (exact) mass is 1610 g/mol. The lowest BCUT2D eigenvalue weighted by Gasteiger charge is -2.55. The van der Waals surface area contributed by atoms with Crippen LogP contribution < -0.4 is 66.2 Å². The molecule has 1 saturated carbocycles. The molecule has 3 aromatic rings. The number of nitrogens with zero attached hydrogens (tertiary/aromatic N) is 17. The minimum Gasteiger partial charge on any atom is -0.352 e. The van der Waals surface area contributed by atoms with Gasteiger partial charge in [-0.25, -0.2) is 0 Å². The maximum atomic E-state index is 5.93. The lowest BCUT2D eigenvalue weighted by Crippen LogP contribution is -2.63. The first-order valence-electron chi connectivity index (χ1n) is 46.7. The number of hydrogen-bond donors (Lipinski definition) is 6. The second-order valence-electron chi connectivity index (χ2n) is 45.1. The van der Waals surface area contributed by atoms with Crippen LogP contribution in [0.5, 0.6) is 0 Å². The van der Waals surface area contributed by atoms with Crippen LogP contribution in [0.3, 0.4) is 0 Å². The lowest BCUT2D eigenvalue weighted by atomic mass is 9.63. The molecular formula is C93H174N23. The number of anilines is 9. The number of piperidine rings is 5. The van der Waals surface area contributed by atoms with E-state index in [1.807, 2.05) is 0 Å². The van der Waals surface area contributed by atoms with Crippen LogP contribution >= 0.6 is 0 Å². The van der Waals surface area contributed by atoms with Gasteiger partial charge in [0.25, 0.3) is 0 Å². The highest BCUT2D eigenvalue weighted by atomic mass is 15.4. The molecule has 0 aromatic carbocycles. The summed E-state index contributed by atoms with van der Waals surface area (Å²) in [7, 11) is 2.32. The van der Waals surface area contributed by atoms with Crippen molar-refractivity contribution in [1.82, 2.24) is 71.0 Å². The normalized spacial score (nSPS) is 23.0. The molecule has 0 amide bonds. The van der Waals surface area contributed by atoms with Gasteiger partial charge in [-0.05, 0) is 278 Å². The molecule has 9 rings (SSSR count). The van der Waals surface area contributed by atoms with E-state index in [1.54, 1.807) is 0 Å². The van der Waals surface area contributed by atoms with E-state index >= 15 is 0 Å². The SMILES string of the molecule is CCCCN(c1nc(NCCN(CCNc2nc(N(CCCC)C3CC(C)(C)NC(C)(C)C3)nc(N(CCCC)C3CC(C)(C)N(C)C(C)(C)C3)n2)c2nc(N(CCCC)C3CC(C)(C)NC(C)(C)C3)nc(N(CCCC)C3CC(C)(C)NC(C)(C)C3)n2)nc(N(CCCC)C2CC(C)(C)NC(C)(C)C2)n1)C1CC(C)(C)[CH]C(C)(C)C1. The fourth-order valence-corrected chi connectivity index (χ4v) is 22.9. The van der Waals surface area contributed by atoms with Gasteiger partial charge < -0.3 is 66.2 Å². The highest BCUT2D eigenvalue weighted by Gasteiger charge is 2.50. The zero-order valence-corrected chi connectivity index (χ0v) is 80.2. The molecule has 0 atom stereocenters. The van der Waals surface area contributed by atoms with Crippen molar-refractivity contribution < 1.29 is 0 Å². The highest BCUT2D eigenvalue weighted by molar-refractivity contribution is 5.52. The molecule has 5 aliphatic heterocycles. The summed E-state index contributed by atoms with van der Waals surface area (Å²) in [5, 5.41) is 24.1. The zero-order valence-electron chi connectivity index (χ0n) is 80.2. The van der Waals surface area contributed by atoms with E-state index in [0.717, 1.165) is 229 Å². The van der Waals surface area contributed by atoms with E-state index < -0.39 is 0 Å². The first-order valence-corrected chi connectivity index (χ1v) is 46.7. The van der Waals surface area contributed by atoms with Crippen molar-refractivity contribution in [3.63, 3.8) is 0 Å². The van der Waals surface area contributed by atoms with E-state index in [9.17, 15) is 0 Å². The average molecular weight is 1610 g/mol. The first kappa shape index (κ1) is 94.9. The number of hydrogen-bond acceptors (Lipinski definition) is 23. The van der Waals surface area contributed by atoms with Crippen LogP contribution in [0.25, 0.3) is 0 Å². The summed E-state index contributed by atoms with van der Waals surface area (Å²) in [6, 6.07) is 1.22. The van der Waals surface area contributed by atoms with Crippen molar-refractivity contribution in [2.24, 2.45) is 10.8 Å². The van der Waals surface area contributed by atoms with E-state index in [4.69, 9.17) is 44.9 Å². The van der Waals surface area contributed by atoms with Gasteiger partial charge in [0, 0.05) is 157 Å². The summed E-state index contributed by atoms with van der Waals surface area (Å²) in [5.41, 5.74) is -0.885. The quantitative estimate of drug-likeness (QED) is 0.0313. The molecule has 661 valence electrons. The van der Waals surface area contributed by atoms with E-state index in [0.29, 0.717) is 44.0 Å². The van der Waals surface area contributed by atoms with E-state index in [2.05, 4.69) is 292 Å². The Morgan fingerprint density at radius 2 is 0.483 bits per heavy atom. The average Bonchev–Trinajstić information content (AvgIpc) is 0.762. The standard InChI is InChI=1S/C93H174N23/c1-32-38-46-111(67-54-82(7,8)66-83(9,10)55-67)76-96-73(97-77(102-76)112(47-39-33-2)68-56-84(11,12)105-85(13,14)57-68)94-44-52-110(75-100-80(114(49-41-35-4)70-60-88(19,20)107-89(21,22)61-70)104-81(101-75)115(50-42-36-5)71-62-90(23,24)108-91(25,26)63-71)53-45-95-74-98-78(113(48-40-34-3)69-58-86(15,16)106-87(17,18)59-69)103-79(99-74)116(51-43-37-6)72-64-92(27,28)109(31)93(29,30)65-72/h66-72,105-108H,32-65H2,1-31H3,(H,94,96,97,102)(H,95,98,99,103). The van der Waals surface area contributed by atoms with Crippen LogP contribution in [0.4, 0.5) is 53.5 Å². The number of nitrogens with one attached hydrogen (secondary N) is 6. The molecule has 6 aliphatic rings. The number of unbranched alkanes of at least 4 members (excludes halogenated alkanes) is 6. The van der Waals surface area contributed by atoms with Crippen LogP contribution in [0.2, 0.25) is 0 Å². The lowest BCUT2D eigenvalue weighted by molar-refractivity contribution is -0.0129. The molecule has 0 spiro atoms. The summed E-state index contributed by atoms with van der Waals surface area (Å²) >= 11 is 0. The molecule has 1 radical (unpaired) electrons. The maximum Gasteiger partial charge on any atom is 0.232 e. The van der Waals surface area contributed by atoms with Crippen molar-refractivity contribution in [2.45, 2.75) is 453 Å². The Morgan fingerprint density at radius 1 is 0.284 bits per heavy atom. The Morgan fingerprint density at radius 3 is 0.707 bits per heavy atom. The van der Waals surface area contributed by atoms with Crippen molar-refractivity contribution in [3.8, 4) is 0 Å². The third kappa shape index (κ3) is 26.0. The third-order valence-corrected chi connectivity index (χ3v) is 26.4. The van der Waals surface area contributed by atoms with Crippen LogP contribution in [-0.4, -0.2) is 214 Å². The van der Waals surface area contributed by atoms with Gasteiger partial charge in [-0.1, -0.05) is 108 Å². The Hall–Kier alpha value is -4.97. The maximum absolute atomic E-state index is 5.93. The minimum atomic E-state index is -0.119. The van der Waals surface area contributed by atoms with Crippen LogP contribution in [0, 0.1) is 17.3 Å². The largest absolute Gasteiger partial charge is 0.352 e. The molecule has 5 saturated heterocycles. The summed E-state index contributed by atoms with van der Waals surface area (Å²) in [6.07, 6.45) is 26.9. The Balaban J connectivity index is 1.25. The second-order valence-corrected chi connectivity index (χ2v) is 45.1. The number of likely N-dealkylation sites (tertiary alicyclic amines) is 1. The van der Waals surface area contributed by atoms with Crippen molar-refractivity contribution in [3.05, 3.63) is 6.42 Å². The first-order chi connectivity index (χ1) is 53.8. The molecule has 8 heterocycles. The molecule has 3 aromatic heterocycles. The summed E-state index contributed by atoms with van der Waals surface area (Å²) < 4.78 is 0. The summed E-state index contributed by atoms with van der Waals surface area (Å²) in [4.78, 5) is 72.5. The van der Waals surface area contributed by atoms with Gasteiger partial charge in [-0.15, -0.1) is 0 Å². The molecular weight excluding hydrogens is 1440 g/mol. The molecule has 23 heteroatoms. The molecule has 6 N–H and O–H groups in total. The molecule has 0 bridgehead atoms. The topological polar surface area (TPSA) is 214 Å². The molecule has 116 heavy (non-hydrogen) atoms. The van der Waals surface area contributed by atoms with Gasteiger partial charge >= 0.3 is 0 Å². The molecule has 0 unspecified atom stereocenters. The predicted molar refractivity (Wildman–Crippen MR) is 493 cm³/mol. The Kier molecular flexibility index (Phi) is 30.9. The summed E-state index contributed by atoms with van der Waals surface area (Å²) in [5.74, 6) is 6.44. The zero-order chi connectivity index (χ0) is 85.6. The third-order valence-electron chi connectivity index (χ3n) is 26.4. The fourth-order valence-electron chi connectivity index (χ4n) is 22.9. The van der Waals surface area contributed by atoms with Crippen LogP contribution in [-0.2, 0) is 0 Å². The van der Waals surface area contributed by atoms with Gasteiger partial charge in [-0.2, -0.15) is 44.9 Å². The van der Waals surface area contributed by atoms with Gasteiger partial charge in [0.05, 0.1) is 0 Å². The minimum absolute atomic E-state index is 0.0309. The molecule has 1 aliphatic carbocycles. The van der Waals surface area contributed by atoms with E-state index in [1.165, 1.54) is 0 Å². The smallest absolute Gasteiger partial charge is 0.232 e.